The van der Waals surface area contributed by atoms with Gasteiger partial charge in [0.05, 0.1) is 17.6 Å². The van der Waals surface area contributed by atoms with Gasteiger partial charge >= 0.3 is 5.97 Å². The second kappa shape index (κ2) is 6.88. The van der Waals surface area contributed by atoms with Crippen molar-refractivity contribution in [2.45, 2.75) is 26.8 Å². The van der Waals surface area contributed by atoms with Crippen LogP contribution >= 0.6 is 0 Å². The summed E-state index contributed by atoms with van der Waals surface area (Å²) in [4.78, 5) is 33.7. The number of rotatable bonds is 6. The predicted octanol–water partition coefficient (Wildman–Crippen LogP) is 1.75. The summed E-state index contributed by atoms with van der Waals surface area (Å²) >= 11 is 0. The van der Waals surface area contributed by atoms with Crippen LogP contribution in [0.2, 0.25) is 0 Å². The molecule has 0 bridgehead atoms. The number of carbonyl (C=O) groups excluding carboxylic acids is 1. The van der Waals surface area contributed by atoms with Crippen LogP contribution in [0.25, 0.3) is 0 Å². The minimum Gasteiger partial charge on any atom is -0.496 e. The van der Waals surface area contributed by atoms with Crippen LogP contribution in [-0.4, -0.2) is 35.1 Å². The molecule has 1 aromatic carbocycles. The molecule has 0 spiro atoms. The molecule has 0 unspecified atom stereocenters. The number of methoxy groups -OCH3 is 1. The third kappa shape index (κ3) is 3.72. The maximum Gasteiger partial charge on any atom is 0.326 e. The first-order valence-electron chi connectivity index (χ1n) is 6.55. The number of amides is 1. The summed E-state index contributed by atoms with van der Waals surface area (Å²) < 4.78 is 5.03. The van der Waals surface area contributed by atoms with Crippen molar-refractivity contribution in [3.63, 3.8) is 0 Å². The first-order valence-corrected chi connectivity index (χ1v) is 6.55. The van der Waals surface area contributed by atoms with E-state index in [4.69, 9.17) is 9.84 Å². The zero-order valence-electron chi connectivity index (χ0n) is 12.7. The van der Waals surface area contributed by atoms with Gasteiger partial charge in [0.25, 0.3) is 11.6 Å². The van der Waals surface area contributed by atoms with Crippen molar-refractivity contribution in [1.29, 1.82) is 0 Å². The summed E-state index contributed by atoms with van der Waals surface area (Å²) in [5, 5.41) is 22.5. The van der Waals surface area contributed by atoms with Gasteiger partial charge in [-0.2, -0.15) is 0 Å². The Kier molecular flexibility index (Phi) is 5.44. The predicted molar refractivity (Wildman–Crippen MR) is 78.1 cm³/mol. The van der Waals surface area contributed by atoms with E-state index >= 15 is 0 Å². The number of nitro groups is 1. The summed E-state index contributed by atoms with van der Waals surface area (Å²) in [5.74, 6) is -2.01. The second-order valence-corrected chi connectivity index (χ2v) is 5.11. The van der Waals surface area contributed by atoms with Crippen LogP contribution in [0.5, 0.6) is 5.75 Å². The molecule has 1 amide bonds. The Balaban J connectivity index is 3.20. The molecule has 1 aromatic rings. The highest BCUT2D eigenvalue weighted by molar-refractivity contribution is 5.97. The summed E-state index contributed by atoms with van der Waals surface area (Å²) in [5.41, 5.74) is 0.00432. The van der Waals surface area contributed by atoms with Gasteiger partial charge in [0, 0.05) is 11.6 Å². The topological polar surface area (TPSA) is 119 Å². The molecule has 0 fully saturated rings. The molecule has 120 valence electrons. The van der Waals surface area contributed by atoms with E-state index in [9.17, 15) is 19.7 Å². The Labute approximate surface area is 127 Å². The zero-order chi connectivity index (χ0) is 17.0. The minimum absolute atomic E-state index is 0.0268. The van der Waals surface area contributed by atoms with Crippen molar-refractivity contribution in [1.82, 2.24) is 5.32 Å². The third-order valence-corrected chi connectivity index (χ3v) is 3.23. The number of hydrogen-bond donors (Lipinski definition) is 2. The van der Waals surface area contributed by atoms with E-state index in [0.29, 0.717) is 5.56 Å². The van der Waals surface area contributed by atoms with Crippen LogP contribution in [0.1, 0.15) is 29.8 Å². The van der Waals surface area contributed by atoms with Gasteiger partial charge < -0.3 is 15.2 Å². The van der Waals surface area contributed by atoms with Gasteiger partial charge in [-0.3, -0.25) is 14.9 Å². The van der Waals surface area contributed by atoms with Crippen LogP contribution in [0.3, 0.4) is 0 Å². The maximum absolute atomic E-state index is 12.2. The van der Waals surface area contributed by atoms with Crippen molar-refractivity contribution in [2.24, 2.45) is 5.92 Å². The number of ether oxygens (including phenoxy) is 1. The van der Waals surface area contributed by atoms with Crippen molar-refractivity contribution < 1.29 is 24.4 Å². The maximum atomic E-state index is 12.2. The molecule has 0 saturated carbocycles. The van der Waals surface area contributed by atoms with Crippen molar-refractivity contribution in [2.75, 3.05) is 7.11 Å². The van der Waals surface area contributed by atoms with Crippen molar-refractivity contribution in [3.8, 4) is 5.75 Å². The second-order valence-electron chi connectivity index (χ2n) is 5.11. The third-order valence-electron chi connectivity index (χ3n) is 3.23. The monoisotopic (exact) mass is 310 g/mol. The van der Waals surface area contributed by atoms with Crippen LogP contribution < -0.4 is 10.1 Å². The summed E-state index contributed by atoms with van der Waals surface area (Å²) in [7, 11) is 1.34. The van der Waals surface area contributed by atoms with Gasteiger partial charge in [0.1, 0.15) is 11.8 Å². The van der Waals surface area contributed by atoms with Crippen molar-refractivity contribution in [3.05, 3.63) is 33.4 Å². The zero-order valence-corrected chi connectivity index (χ0v) is 12.7. The average molecular weight is 310 g/mol. The molecule has 0 heterocycles. The number of carbonyl (C=O) groups is 2. The first-order chi connectivity index (χ1) is 10.2. The van der Waals surface area contributed by atoms with Crippen LogP contribution in [0.4, 0.5) is 5.69 Å². The summed E-state index contributed by atoms with van der Waals surface area (Å²) in [6.07, 6.45) is 0. The van der Waals surface area contributed by atoms with Gasteiger partial charge in [-0.15, -0.1) is 0 Å². The number of aliphatic carboxylic acids is 1. The number of nitrogens with one attached hydrogen (secondary N) is 1. The summed E-state index contributed by atoms with van der Waals surface area (Å²) in [6.45, 7) is 4.81. The lowest BCUT2D eigenvalue weighted by atomic mass is 10.0. The Morgan fingerprint density at radius 1 is 1.36 bits per heavy atom. The molecule has 0 aliphatic heterocycles. The van der Waals surface area contributed by atoms with Crippen LogP contribution in [-0.2, 0) is 4.79 Å². The molecule has 0 saturated heterocycles. The summed E-state index contributed by atoms with van der Waals surface area (Å²) in [6, 6.07) is 1.36. The van der Waals surface area contributed by atoms with E-state index in [1.165, 1.54) is 20.1 Å². The minimum atomic E-state index is -1.17. The lowest BCUT2D eigenvalue weighted by molar-refractivity contribution is -0.385. The van der Waals surface area contributed by atoms with E-state index in [-0.39, 0.29) is 22.9 Å². The first kappa shape index (κ1) is 17.4. The molecule has 1 rings (SSSR count). The molecular weight excluding hydrogens is 292 g/mol. The number of nitrogens with zero attached hydrogens (tertiary/aromatic N) is 1. The van der Waals surface area contributed by atoms with E-state index in [1.54, 1.807) is 13.8 Å². The number of carboxylic acids is 1. The molecule has 8 nitrogen and oxygen atoms in total. The molecular formula is C14H18N2O6. The molecule has 2 N–H and O–H groups in total. The fraction of sp³-hybridized carbons (Fsp3) is 0.429. The van der Waals surface area contributed by atoms with E-state index in [2.05, 4.69) is 5.32 Å². The highest BCUT2D eigenvalue weighted by Crippen LogP contribution is 2.29. The smallest absolute Gasteiger partial charge is 0.326 e. The Bertz CT molecular complexity index is 612. The SMILES string of the molecule is COc1cc(C(=O)N[C@H](C(=O)O)C(C)C)cc([N+](=O)[O-])c1C. The molecule has 8 heteroatoms. The highest BCUT2D eigenvalue weighted by atomic mass is 16.6. The number of benzene rings is 1. The lowest BCUT2D eigenvalue weighted by Gasteiger charge is -2.18. The van der Waals surface area contributed by atoms with Gasteiger partial charge in [-0.05, 0) is 18.9 Å². The van der Waals surface area contributed by atoms with Crippen LogP contribution in [0, 0.1) is 23.0 Å². The average Bonchev–Trinajstić information content (AvgIpc) is 2.43. The molecule has 22 heavy (non-hydrogen) atoms. The van der Waals surface area contributed by atoms with E-state index in [1.807, 2.05) is 0 Å². The molecule has 1 atom stereocenters. The van der Waals surface area contributed by atoms with Gasteiger partial charge in [-0.1, -0.05) is 13.8 Å². The van der Waals surface area contributed by atoms with Crippen LogP contribution in [0.15, 0.2) is 12.1 Å². The fourth-order valence-electron chi connectivity index (χ4n) is 1.94. The number of hydrogen-bond acceptors (Lipinski definition) is 5. The quantitative estimate of drug-likeness (QED) is 0.610. The van der Waals surface area contributed by atoms with E-state index < -0.39 is 22.8 Å². The highest BCUT2D eigenvalue weighted by Gasteiger charge is 2.26. The molecule has 0 aliphatic carbocycles. The standard InChI is InChI=1S/C14H18N2O6/c1-7(2)12(14(18)19)15-13(17)9-5-10(16(20)21)8(3)11(6-9)22-4/h5-7,12H,1-4H3,(H,15,17)(H,18,19)/t12-/m0/s1. The lowest BCUT2D eigenvalue weighted by Crippen LogP contribution is -2.44. The Hall–Kier alpha value is -2.64. The fourth-order valence-corrected chi connectivity index (χ4v) is 1.94. The van der Waals surface area contributed by atoms with Gasteiger partial charge in [0.15, 0.2) is 0 Å². The number of nitro benzene ring substituents is 1. The molecule has 0 aliphatic rings. The van der Waals surface area contributed by atoms with Gasteiger partial charge in [-0.25, -0.2) is 4.79 Å². The Morgan fingerprint density at radius 3 is 2.36 bits per heavy atom. The molecule has 0 radical (unpaired) electrons. The largest absolute Gasteiger partial charge is 0.496 e. The number of carboxylic acid groups (broad SMARTS) is 1. The van der Waals surface area contributed by atoms with Crippen molar-refractivity contribution >= 4 is 17.6 Å². The molecule has 0 aromatic heterocycles. The Morgan fingerprint density at radius 2 is 1.95 bits per heavy atom. The van der Waals surface area contributed by atoms with E-state index in [0.717, 1.165) is 6.07 Å². The normalized spacial score (nSPS) is 11.9. The van der Waals surface area contributed by atoms with Gasteiger partial charge in [0.2, 0.25) is 0 Å².